The number of rotatable bonds is 8. The Labute approximate surface area is 544 Å². The summed E-state index contributed by atoms with van der Waals surface area (Å²) in [5, 5.41) is 4.33. The number of amides is 16. The molecule has 0 radical (unpaired) electrons. The van der Waals surface area contributed by atoms with E-state index >= 15 is 0 Å². The zero-order valence-electron chi connectivity index (χ0n) is 55.3. The van der Waals surface area contributed by atoms with Crippen molar-refractivity contribution in [1.29, 1.82) is 0 Å². The Bertz CT molecular complexity index is 3510. The van der Waals surface area contributed by atoms with Crippen LogP contribution in [-0.4, -0.2) is 176 Å². The molecule has 4 atom stereocenters. The Morgan fingerprint density at radius 1 is 0.362 bits per heavy atom. The number of aryl methyl sites for hydroxylation is 2. The molecule has 26 heteroatoms. The van der Waals surface area contributed by atoms with Gasteiger partial charge in [-0.25, -0.2) is 0 Å². The topological polar surface area (TPSA) is 335 Å². The van der Waals surface area contributed by atoms with E-state index in [-0.39, 0.29) is 91.3 Å². The largest absolute Gasteiger partial charge is 0.496 e. The molecule has 4 saturated heterocycles. The van der Waals surface area contributed by atoms with Gasteiger partial charge in [-0.1, -0.05) is 106 Å². The molecule has 8 aliphatic rings. The Morgan fingerprint density at radius 3 is 0.915 bits per heavy atom. The van der Waals surface area contributed by atoms with Gasteiger partial charge in [-0.2, -0.15) is 0 Å². The number of hydrogen-bond donors (Lipinski definition) is 2. The summed E-state index contributed by atoms with van der Waals surface area (Å²) in [6, 6.07) is 16.0. The third-order valence-electron chi connectivity index (χ3n) is 16.0. The van der Waals surface area contributed by atoms with Gasteiger partial charge in [0, 0.05) is 39.8 Å². The maximum atomic E-state index is 12.7. The van der Waals surface area contributed by atoms with Crippen molar-refractivity contribution in [2.24, 2.45) is 0 Å². The second kappa shape index (κ2) is 32.7. The molecule has 0 aromatic heterocycles. The summed E-state index contributed by atoms with van der Waals surface area (Å²) >= 11 is 0. The number of piperidine rings is 4. The number of likely N-dealkylation sites (tertiary alicyclic amines) is 2. The highest BCUT2D eigenvalue weighted by Crippen LogP contribution is 2.37. The van der Waals surface area contributed by atoms with Gasteiger partial charge in [0.05, 0.1) is 58.7 Å². The molecule has 94 heavy (non-hydrogen) atoms. The average molecular weight is 1300 g/mol. The zero-order chi connectivity index (χ0) is 70.3. The number of nitrogens with zero attached hydrogens (tertiary/aromatic N) is 6. The van der Waals surface area contributed by atoms with E-state index in [1.807, 2.05) is 75.3 Å². The fraction of sp³-hybridized carbons (Fsp3) is 0.412. The summed E-state index contributed by atoms with van der Waals surface area (Å²) in [6.07, 6.45) is 2.42. The van der Waals surface area contributed by atoms with Gasteiger partial charge < -0.3 is 9.47 Å². The van der Waals surface area contributed by atoms with Crippen LogP contribution in [0.2, 0.25) is 0 Å². The van der Waals surface area contributed by atoms with Crippen LogP contribution in [0.3, 0.4) is 0 Å². The molecule has 16 amide bonds. The lowest BCUT2D eigenvalue weighted by Crippen LogP contribution is -2.54. The molecule has 12 rings (SSSR count). The van der Waals surface area contributed by atoms with Gasteiger partial charge in [0.15, 0.2) is 0 Å². The highest BCUT2D eigenvalue weighted by molar-refractivity contribution is 6.27. The van der Waals surface area contributed by atoms with Crippen LogP contribution in [0, 0.1) is 0 Å². The third kappa shape index (κ3) is 14.1. The number of hydrogen-bond acceptors (Lipinski definition) is 18. The monoisotopic (exact) mass is 1300 g/mol. The highest BCUT2D eigenvalue weighted by Gasteiger charge is 2.50. The van der Waals surface area contributed by atoms with Crippen LogP contribution < -0.4 is 20.1 Å². The van der Waals surface area contributed by atoms with E-state index in [0.29, 0.717) is 46.6 Å². The van der Waals surface area contributed by atoms with Gasteiger partial charge in [-0.15, -0.1) is 0 Å². The van der Waals surface area contributed by atoms with Crippen molar-refractivity contribution in [3.8, 4) is 11.5 Å². The molecular formula is C68H80N8O18. The lowest BCUT2D eigenvalue weighted by atomic mass is 10.0. The smallest absolute Gasteiger partial charge is 0.266 e. The fourth-order valence-electron chi connectivity index (χ4n) is 11.5. The number of benzene rings is 4. The Hall–Kier alpha value is -10.4. The van der Waals surface area contributed by atoms with Crippen molar-refractivity contribution in [3.63, 3.8) is 0 Å². The molecule has 8 aliphatic heterocycles. The SMILES string of the molecule is CC.CC.CC.CC.CCc1cccc2c1C(=O)N(C1CCC(=O)N(C)C1=O)C2=O.CCc1cccc2c1C(=O)N(C1CCC(=O)NC1=O)C2=O.COc1cccc2c1C(=O)N(C1CCC(=O)N(C)C1=O)C2=O.COc1cccc2c1C(=O)N(C1CCC(=O)NC1=O)C2=O. The van der Waals surface area contributed by atoms with E-state index in [1.165, 1.54) is 40.4 Å². The number of nitrogens with one attached hydrogen (secondary N) is 2. The standard InChI is InChI=1S/C16H16N2O4.C15H14N2O5.C15H14N2O4.C14H12N2O5.4C2H6/c1-3-9-5-4-6-10-13(9)16(22)18(14(10)20)11-7-8-12(19)17(2)15(11)21;1-16-11(18)7-6-9(14(16)20)17-13(19)8-4-3-5-10(22-2)12(8)15(17)21;1-2-8-4-3-5-9-12(8)15(21)17(14(9)20)10-6-7-11(18)16-13(10)19;1-21-9-4-2-3-7-11(9)14(20)16(13(7)19)8-5-6-10(17)15-12(8)18;4*1-2/h4-6,11H,3,7-8H2,1-2H3;3-5,9H,6-7H2,1-2H3;3-5,10H,2,6-7H2,1H3,(H,16,18,19);2-4,8H,5-6H2,1H3,(H,15,17,18);4*1-2H3. The zero-order valence-corrected chi connectivity index (χ0v) is 55.3. The fourth-order valence-corrected chi connectivity index (χ4v) is 11.5. The van der Waals surface area contributed by atoms with Crippen molar-refractivity contribution < 1.29 is 86.2 Å². The van der Waals surface area contributed by atoms with E-state index in [9.17, 15) is 76.7 Å². The van der Waals surface area contributed by atoms with E-state index in [2.05, 4.69) is 10.6 Å². The van der Waals surface area contributed by atoms with Crippen LogP contribution >= 0.6 is 0 Å². The summed E-state index contributed by atoms with van der Waals surface area (Å²) in [5.41, 5.74) is 3.81. The molecule has 4 unspecified atom stereocenters. The number of carbonyl (C=O) groups excluding carboxylic acids is 16. The highest BCUT2D eigenvalue weighted by atomic mass is 16.5. The lowest BCUT2D eigenvalue weighted by molar-refractivity contribution is -0.151. The molecule has 2 N–H and O–H groups in total. The van der Waals surface area contributed by atoms with Crippen LogP contribution in [0.5, 0.6) is 11.5 Å². The van der Waals surface area contributed by atoms with Gasteiger partial charge in [-0.05, 0) is 86.1 Å². The second-order valence-electron chi connectivity index (χ2n) is 20.7. The Balaban J connectivity index is 0.000000219. The maximum Gasteiger partial charge on any atom is 0.266 e. The first-order valence-corrected chi connectivity index (χ1v) is 31.4. The van der Waals surface area contributed by atoms with E-state index in [0.717, 1.165) is 40.5 Å². The Morgan fingerprint density at radius 2 is 0.628 bits per heavy atom. The van der Waals surface area contributed by atoms with Gasteiger partial charge >= 0.3 is 0 Å². The molecule has 0 saturated carbocycles. The van der Waals surface area contributed by atoms with Crippen LogP contribution in [0.1, 0.15) is 215 Å². The lowest BCUT2D eigenvalue weighted by Gasteiger charge is -2.32. The van der Waals surface area contributed by atoms with Gasteiger partial charge in [0.25, 0.3) is 59.1 Å². The van der Waals surface area contributed by atoms with Crippen molar-refractivity contribution in [2.75, 3.05) is 28.3 Å². The number of fused-ring (bicyclic) bond motifs is 4. The summed E-state index contributed by atoms with van der Waals surface area (Å²) in [6.45, 7) is 19.8. The predicted molar refractivity (Wildman–Crippen MR) is 339 cm³/mol. The molecule has 0 aliphatic carbocycles. The Kier molecular flexibility index (Phi) is 25.9. The van der Waals surface area contributed by atoms with Crippen LogP contribution in [0.15, 0.2) is 72.8 Å². The molecule has 0 spiro atoms. The molecule has 4 fully saturated rings. The predicted octanol–water partition coefficient (Wildman–Crippen LogP) is 6.28. The van der Waals surface area contributed by atoms with Gasteiger partial charge in [0.1, 0.15) is 35.7 Å². The van der Waals surface area contributed by atoms with Crippen molar-refractivity contribution in [3.05, 3.63) is 128 Å². The molecule has 26 nitrogen and oxygen atoms in total. The molecular weight excluding hydrogens is 1220 g/mol. The molecule has 8 heterocycles. The number of carbonyl (C=O) groups is 16. The summed E-state index contributed by atoms with van der Waals surface area (Å²) in [4.78, 5) is 200. The summed E-state index contributed by atoms with van der Waals surface area (Å²) < 4.78 is 10.2. The minimum absolute atomic E-state index is 0.0982. The second-order valence-corrected chi connectivity index (χ2v) is 20.7. The van der Waals surface area contributed by atoms with Crippen molar-refractivity contribution in [1.82, 2.24) is 40.0 Å². The summed E-state index contributed by atoms with van der Waals surface area (Å²) in [7, 11) is 5.55. The first-order valence-electron chi connectivity index (χ1n) is 31.4. The van der Waals surface area contributed by atoms with E-state index in [4.69, 9.17) is 9.47 Å². The first-order chi connectivity index (χ1) is 45.0. The minimum Gasteiger partial charge on any atom is -0.496 e. The van der Waals surface area contributed by atoms with Gasteiger partial charge in [0.2, 0.25) is 35.4 Å². The van der Waals surface area contributed by atoms with Crippen molar-refractivity contribution >= 4 is 94.5 Å². The average Bonchev–Trinajstić information content (AvgIpc) is 1.63. The van der Waals surface area contributed by atoms with Gasteiger partial charge in [-0.3, -0.25) is 117 Å². The molecule has 500 valence electrons. The molecule has 0 bridgehead atoms. The van der Waals surface area contributed by atoms with E-state index < -0.39 is 101 Å². The first kappa shape index (κ1) is 74.3. The minimum atomic E-state index is -0.959. The normalized spacial score (nSPS) is 19.9. The maximum absolute atomic E-state index is 12.7. The van der Waals surface area contributed by atoms with Crippen molar-refractivity contribution in [2.45, 2.75) is 158 Å². The van der Waals surface area contributed by atoms with E-state index in [1.54, 1.807) is 54.6 Å². The molecule has 4 aromatic rings. The number of likely N-dealkylation sites (N-methyl/N-ethyl adjacent to an activating group) is 2. The third-order valence-corrected chi connectivity index (χ3v) is 16.0. The summed E-state index contributed by atoms with van der Waals surface area (Å²) in [5.74, 6) is -6.99. The molecule has 4 aromatic carbocycles. The quantitative estimate of drug-likeness (QED) is 0.183. The van der Waals surface area contributed by atoms with Crippen LogP contribution in [0.4, 0.5) is 0 Å². The number of methoxy groups -OCH3 is 2. The number of ether oxygens (including phenoxy) is 2. The number of imide groups is 8. The van der Waals surface area contributed by atoms with Crippen LogP contribution in [0.25, 0.3) is 0 Å². The van der Waals surface area contributed by atoms with Crippen LogP contribution in [-0.2, 0) is 51.2 Å².